The second-order valence-electron chi connectivity index (χ2n) is 3.79. The summed E-state index contributed by atoms with van der Waals surface area (Å²) in [7, 11) is 1.46. The maximum Gasteiger partial charge on any atom is 0.342 e. The summed E-state index contributed by atoms with van der Waals surface area (Å²) >= 11 is 0. The first-order valence-corrected chi connectivity index (χ1v) is 4.99. The third-order valence-electron chi connectivity index (χ3n) is 2.55. The molecule has 84 valence electrons. The average Bonchev–Trinajstić information content (AvgIpc) is 2.26. The number of carbonyl (C=O) groups is 2. The van der Waals surface area contributed by atoms with E-state index in [0.717, 1.165) is 16.2 Å². The van der Waals surface area contributed by atoms with Crippen LogP contribution in [0.5, 0.6) is 0 Å². The quantitative estimate of drug-likeness (QED) is 0.763. The van der Waals surface area contributed by atoms with Crippen molar-refractivity contribution >= 4 is 17.6 Å². The van der Waals surface area contributed by atoms with Crippen molar-refractivity contribution in [2.24, 2.45) is 0 Å². The van der Waals surface area contributed by atoms with Gasteiger partial charge in [0, 0.05) is 7.05 Å². The molecule has 0 radical (unpaired) electrons. The molecule has 16 heavy (non-hydrogen) atoms. The van der Waals surface area contributed by atoms with E-state index < -0.39 is 6.03 Å². The molecule has 1 aromatic rings. The second-order valence-corrected chi connectivity index (χ2v) is 3.79. The molecule has 0 atom stereocenters. The highest BCUT2D eigenvalue weighted by atomic mass is 16.2. The lowest BCUT2D eigenvalue weighted by Crippen LogP contribution is -2.59. The minimum absolute atomic E-state index is 0.158. The molecule has 5 nitrogen and oxygen atoms in total. The third-order valence-corrected chi connectivity index (χ3v) is 2.55. The van der Waals surface area contributed by atoms with Gasteiger partial charge in [0.15, 0.2) is 0 Å². The number of hydrogen-bond donors (Lipinski definition) is 1. The Morgan fingerprint density at radius 3 is 2.38 bits per heavy atom. The van der Waals surface area contributed by atoms with Gasteiger partial charge in [-0.05, 0) is 19.1 Å². The van der Waals surface area contributed by atoms with Crippen molar-refractivity contribution < 1.29 is 9.59 Å². The van der Waals surface area contributed by atoms with E-state index in [0.29, 0.717) is 0 Å². The van der Waals surface area contributed by atoms with Gasteiger partial charge in [-0.2, -0.15) is 0 Å². The van der Waals surface area contributed by atoms with Crippen molar-refractivity contribution in [2.75, 3.05) is 18.6 Å². The molecule has 1 aliphatic heterocycles. The fourth-order valence-electron chi connectivity index (χ4n) is 1.47. The second kappa shape index (κ2) is 3.84. The Kier molecular flexibility index (Phi) is 2.52. The molecule has 2 rings (SSSR count). The molecule has 0 bridgehead atoms. The van der Waals surface area contributed by atoms with Crippen LogP contribution >= 0.6 is 0 Å². The third kappa shape index (κ3) is 1.84. The van der Waals surface area contributed by atoms with E-state index in [9.17, 15) is 9.59 Å². The van der Waals surface area contributed by atoms with Crippen LogP contribution < -0.4 is 10.4 Å². The smallest absolute Gasteiger partial charge is 0.275 e. The van der Waals surface area contributed by atoms with Crippen LogP contribution in [0, 0.1) is 6.92 Å². The first-order chi connectivity index (χ1) is 7.58. The molecule has 0 aliphatic carbocycles. The van der Waals surface area contributed by atoms with Crippen LogP contribution in [0.3, 0.4) is 0 Å². The Labute approximate surface area is 93.6 Å². The molecule has 1 fully saturated rings. The standard InChI is InChI=1S/C11H13N3O2/c1-8-3-5-9(6-4-8)14-7-10(15)13(2)11(16)12-14/h3-6H,7H2,1-2H3,(H,12,16). The van der Waals surface area contributed by atoms with Gasteiger partial charge in [-0.15, -0.1) is 0 Å². The van der Waals surface area contributed by atoms with Gasteiger partial charge in [0.05, 0.1) is 5.69 Å². The lowest BCUT2D eigenvalue weighted by molar-refractivity contribution is -0.126. The molecule has 0 aromatic heterocycles. The molecule has 1 aliphatic rings. The molecule has 3 amide bonds. The summed E-state index contributed by atoms with van der Waals surface area (Å²) in [5, 5.41) is 1.55. The predicted octanol–water partition coefficient (Wildman–Crippen LogP) is 0.898. The van der Waals surface area contributed by atoms with Gasteiger partial charge in [-0.25, -0.2) is 10.2 Å². The van der Waals surface area contributed by atoms with Crippen LogP contribution in [0.15, 0.2) is 24.3 Å². The number of anilines is 1. The Bertz CT molecular complexity index is 409. The molecule has 1 saturated heterocycles. The van der Waals surface area contributed by atoms with Crippen LogP contribution in [0.4, 0.5) is 10.5 Å². The van der Waals surface area contributed by atoms with E-state index in [4.69, 9.17) is 0 Å². The zero-order valence-corrected chi connectivity index (χ0v) is 9.23. The number of hydrazine groups is 1. The lowest BCUT2D eigenvalue weighted by atomic mass is 10.2. The van der Waals surface area contributed by atoms with Crippen molar-refractivity contribution in [3.05, 3.63) is 29.8 Å². The van der Waals surface area contributed by atoms with Crippen molar-refractivity contribution in [3.63, 3.8) is 0 Å². The molecule has 1 heterocycles. The van der Waals surface area contributed by atoms with Gasteiger partial charge in [-0.1, -0.05) is 17.7 Å². The minimum atomic E-state index is -0.406. The number of rotatable bonds is 1. The predicted molar refractivity (Wildman–Crippen MR) is 59.8 cm³/mol. The molecular formula is C11H13N3O2. The number of imide groups is 1. The summed E-state index contributed by atoms with van der Waals surface area (Å²) in [4.78, 5) is 24.0. The number of nitrogens with zero attached hydrogens (tertiary/aromatic N) is 2. The number of urea groups is 1. The minimum Gasteiger partial charge on any atom is -0.275 e. The van der Waals surface area contributed by atoms with E-state index in [1.54, 1.807) is 5.01 Å². The van der Waals surface area contributed by atoms with Crippen molar-refractivity contribution in [1.29, 1.82) is 0 Å². The lowest BCUT2D eigenvalue weighted by Gasteiger charge is -2.32. The number of amides is 3. The monoisotopic (exact) mass is 219 g/mol. The van der Waals surface area contributed by atoms with Gasteiger partial charge < -0.3 is 0 Å². The normalized spacial score (nSPS) is 16.4. The van der Waals surface area contributed by atoms with Crippen molar-refractivity contribution in [2.45, 2.75) is 6.92 Å². The maximum atomic E-state index is 11.5. The Morgan fingerprint density at radius 2 is 1.81 bits per heavy atom. The molecule has 0 spiro atoms. The van der Waals surface area contributed by atoms with E-state index in [1.807, 2.05) is 31.2 Å². The molecule has 1 aromatic carbocycles. The zero-order valence-electron chi connectivity index (χ0n) is 9.23. The summed E-state index contributed by atoms with van der Waals surface area (Å²) in [6, 6.07) is 7.20. The number of hydrogen-bond acceptors (Lipinski definition) is 3. The highest BCUT2D eigenvalue weighted by Crippen LogP contribution is 2.15. The zero-order chi connectivity index (χ0) is 11.7. The van der Waals surface area contributed by atoms with Crippen LogP contribution in [0.2, 0.25) is 0 Å². The van der Waals surface area contributed by atoms with Gasteiger partial charge in [-0.3, -0.25) is 14.7 Å². The molecule has 0 unspecified atom stereocenters. The number of nitrogens with one attached hydrogen (secondary N) is 1. The SMILES string of the molecule is Cc1ccc(N2CC(=O)N(C)C(=O)N2)cc1. The summed E-state index contributed by atoms with van der Waals surface area (Å²) in [6.07, 6.45) is 0. The van der Waals surface area contributed by atoms with Gasteiger partial charge in [0.1, 0.15) is 6.54 Å². The van der Waals surface area contributed by atoms with E-state index >= 15 is 0 Å². The van der Waals surface area contributed by atoms with Gasteiger partial charge in [0.25, 0.3) is 5.91 Å². The summed E-state index contributed by atoms with van der Waals surface area (Å²) in [5.41, 5.74) is 4.57. The topological polar surface area (TPSA) is 52.7 Å². The Hall–Kier alpha value is -2.04. The largest absolute Gasteiger partial charge is 0.342 e. The van der Waals surface area contributed by atoms with E-state index in [-0.39, 0.29) is 12.5 Å². The number of carbonyl (C=O) groups excluding carboxylic acids is 2. The fraction of sp³-hybridized carbons (Fsp3) is 0.273. The maximum absolute atomic E-state index is 11.5. The number of aryl methyl sites for hydroxylation is 1. The summed E-state index contributed by atoms with van der Waals surface area (Å²) < 4.78 is 0. The number of likely N-dealkylation sites (N-methyl/N-ethyl adjacent to an activating group) is 1. The van der Waals surface area contributed by atoms with Crippen LogP contribution in [0.25, 0.3) is 0 Å². The van der Waals surface area contributed by atoms with Crippen molar-refractivity contribution in [3.8, 4) is 0 Å². The first kappa shape index (κ1) is 10.5. The summed E-state index contributed by atoms with van der Waals surface area (Å²) in [6.45, 7) is 2.14. The Morgan fingerprint density at radius 1 is 1.19 bits per heavy atom. The Balaban J connectivity index is 2.20. The van der Waals surface area contributed by atoms with Crippen molar-refractivity contribution in [1.82, 2.24) is 10.3 Å². The molecular weight excluding hydrogens is 206 g/mol. The molecule has 1 N–H and O–H groups in total. The van der Waals surface area contributed by atoms with Crippen LogP contribution in [-0.4, -0.2) is 30.4 Å². The summed E-state index contributed by atoms with van der Waals surface area (Å²) in [5.74, 6) is -0.218. The van der Waals surface area contributed by atoms with E-state index in [2.05, 4.69) is 5.43 Å². The van der Waals surface area contributed by atoms with Gasteiger partial charge in [0.2, 0.25) is 0 Å². The van der Waals surface area contributed by atoms with E-state index in [1.165, 1.54) is 7.05 Å². The highest BCUT2D eigenvalue weighted by Gasteiger charge is 2.27. The van der Waals surface area contributed by atoms with Crippen LogP contribution in [-0.2, 0) is 4.79 Å². The fourth-order valence-corrected chi connectivity index (χ4v) is 1.47. The first-order valence-electron chi connectivity index (χ1n) is 4.99. The average molecular weight is 219 g/mol. The van der Waals surface area contributed by atoms with Gasteiger partial charge >= 0.3 is 6.03 Å². The highest BCUT2D eigenvalue weighted by molar-refractivity contribution is 5.99. The van der Waals surface area contributed by atoms with Crippen LogP contribution in [0.1, 0.15) is 5.56 Å². The molecule has 0 saturated carbocycles. The number of benzene rings is 1. The molecule has 5 heteroatoms.